The smallest absolute Gasteiger partial charge is 0.458 e. The number of cyclic esters (lactones) is 1. The van der Waals surface area contributed by atoms with Crippen molar-refractivity contribution in [3.63, 3.8) is 0 Å². The van der Waals surface area contributed by atoms with Gasteiger partial charge in [0.05, 0.1) is 29.0 Å². The van der Waals surface area contributed by atoms with Crippen LogP contribution >= 0.6 is 7.75 Å². The van der Waals surface area contributed by atoms with Crippen molar-refractivity contribution in [1.29, 1.82) is 0 Å². The van der Waals surface area contributed by atoms with Gasteiger partial charge in [-0.15, -0.1) is 0 Å². The summed E-state index contributed by atoms with van der Waals surface area (Å²) in [7, 11) is -4.30. The van der Waals surface area contributed by atoms with Gasteiger partial charge in [0, 0.05) is 36.5 Å². The number of ether oxygens (including phenoxy) is 1. The Labute approximate surface area is 213 Å². The van der Waals surface area contributed by atoms with E-state index < -0.39 is 25.3 Å². The number of esters is 1. The molecular formula is C26H28N3O7P. The third-order valence-corrected chi connectivity index (χ3v) is 9.26. The number of hydrogen-bond donors (Lipinski definition) is 0. The van der Waals surface area contributed by atoms with Gasteiger partial charge < -0.3 is 13.8 Å². The minimum absolute atomic E-state index is 0.00768. The molecule has 194 valence electrons. The quantitative estimate of drug-likeness (QED) is 0.259. The van der Waals surface area contributed by atoms with Gasteiger partial charge in [-0.05, 0) is 24.6 Å². The molecule has 0 aliphatic carbocycles. The van der Waals surface area contributed by atoms with E-state index in [4.69, 9.17) is 18.8 Å². The number of carbonyl (C=O) groups is 2. The summed E-state index contributed by atoms with van der Waals surface area (Å²) >= 11 is 0. The predicted molar refractivity (Wildman–Crippen MR) is 136 cm³/mol. The fourth-order valence-corrected chi connectivity index (χ4v) is 7.11. The van der Waals surface area contributed by atoms with Crippen molar-refractivity contribution in [2.24, 2.45) is 0 Å². The highest BCUT2D eigenvalue weighted by Gasteiger charge is 2.54. The highest BCUT2D eigenvalue weighted by Crippen LogP contribution is 2.59. The van der Waals surface area contributed by atoms with Gasteiger partial charge in [0.25, 0.3) is 5.56 Å². The number of nitrogens with zero attached hydrogens (tertiary/aromatic N) is 3. The van der Waals surface area contributed by atoms with Crippen molar-refractivity contribution >= 4 is 30.6 Å². The van der Waals surface area contributed by atoms with Gasteiger partial charge in [0.2, 0.25) is 5.60 Å². The van der Waals surface area contributed by atoms with E-state index >= 15 is 0 Å². The Bertz CT molecular complexity index is 1550. The summed E-state index contributed by atoms with van der Waals surface area (Å²) in [5.41, 5.74) is 1.05. The Morgan fingerprint density at radius 2 is 1.92 bits per heavy atom. The van der Waals surface area contributed by atoms with Crippen molar-refractivity contribution < 1.29 is 27.9 Å². The van der Waals surface area contributed by atoms with Crippen molar-refractivity contribution in [1.82, 2.24) is 14.2 Å². The molecule has 10 nitrogen and oxygen atoms in total. The Morgan fingerprint density at radius 1 is 1.19 bits per heavy atom. The zero-order valence-electron chi connectivity index (χ0n) is 21.1. The fourth-order valence-electron chi connectivity index (χ4n) is 5.13. The third kappa shape index (κ3) is 3.91. The second-order valence-corrected chi connectivity index (χ2v) is 10.9. The minimum Gasteiger partial charge on any atom is -0.458 e. The molecule has 0 radical (unpaired) electrons. The molecule has 0 saturated carbocycles. The molecule has 5 rings (SSSR count). The monoisotopic (exact) mass is 525 g/mol. The Balaban J connectivity index is 1.72. The van der Waals surface area contributed by atoms with Crippen LogP contribution in [0.15, 0.2) is 41.2 Å². The summed E-state index contributed by atoms with van der Waals surface area (Å²) in [6.07, 6.45) is -0.00768. The molecule has 2 aromatic heterocycles. The van der Waals surface area contributed by atoms with Crippen molar-refractivity contribution in [2.75, 3.05) is 13.1 Å². The van der Waals surface area contributed by atoms with Gasteiger partial charge in [-0.3, -0.25) is 14.1 Å². The van der Waals surface area contributed by atoms with Crippen molar-refractivity contribution in [3.8, 4) is 11.4 Å². The zero-order chi connectivity index (χ0) is 26.5. The summed E-state index contributed by atoms with van der Waals surface area (Å²) < 4.78 is 33.7. The van der Waals surface area contributed by atoms with Crippen LogP contribution in [-0.4, -0.2) is 39.2 Å². The van der Waals surface area contributed by atoms with Crippen LogP contribution in [0.2, 0.25) is 0 Å². The molecule has 0 bridgehead atoms. The average molecular weight is 525 g/mol. The Morgan fingerprint density at radius 3 is 2.59 bits per heavy atom. The first-order valence-corrected chi connectivity index (χ1v) is 13.8. The van der Waals surface area contributed by atoms with E-state index in [0.29, 0.717) is 17.9 Å². The van der Waals surface area contributed by atoms with Crippen LogP contribution in [0, 0.1) is 0 Å². The second-order valence-electron chi connectivity index (χ2n) is 9.04. The summed E-state index contributed by atoms with van der Waals surface area (Å²) in [4.78, 5) is 43.8. The maximum absolute atomic E-state index is 14.0. The maximum atomic E-state index is 14.0. The molecule has 0 spiro atoms. The van der Waals surface area contributed by atoms with Gasteiger partial charge >= 0.3 is 19.7 Å². The van der Waals surface area contributed by atoms with E-state index in [9.17, 15) is 18.9 Å². The topological polar surface area (TPSA) is 117 Å². The molecule has 0 saturated heterocycles. The minimum atomic E-state index is -4.30. The molecule has 0 fully saturated rings. The highest BCUT2D eigenvalue weighted by molar-refractivity contribution is 7.51. The van der Waals surface area contributed by atoms with Gasteiger partial charge in [-0.2, -0.15) is 4.67 Å². The highest BCUT2D eigenvalue weighted by atomic mass is 31.2. The van der Waals surface area contributed by atoms with Crippen LogP contribution < -0.4 is 5.56 Å². The lowest BCUT2D eigenvalue weighted by Gasteiger charge is -2.39. The van der Waals surface area contributed by atoms with Gasteiger partial charge in [-0.1, -0.05) is 39.0 Å². The lowest BCUT2D eigenvalue weighted by molar-refractivity contribution is -0.171. The SMILES string of the molecule is CCN(CC)P(=O)(OC(C)=O)O[C@]1(CC)C(=O)OCc2c1cc1n(c2=O)Cc2cc3ccccc3nc2-1. The maximum Gasteiger partial charge on any atom is 0.464 e. The fraction of sp³-hybridized carbons (Fsp3) is 0.385. The van der Waals surface area contributed by atoms with Crippen LogP contribution in [0.1, 0.15) is 50.8 Å². The van der Waals surface area contributed by atoms with Crippen molar-refractivity contribution in [3.05, 3.63) is 63.4 Å². The number of aromatic nitrogens is 2. The summed E-state index contributed by atoms with van der Waals surface area (Å²) in [6.45, 7) is 6.82. The molecule has 11 heteroatoms. The van der Waals surface area contributed by atoms with Crippen LogP contribution in [0.3, 0.4) is 0 Å². The van der Waals surface area contributed by atoms with Crippen LogP contribution in [0.25, 0.3) is 22.3 Å². The average Bonchev–Trinajstić information content (AvgIpc) is 3.22. The van der Waals surface area contributed by atoms with Crippen LogP contribution in [-0.2, 0) is 46.7 Å². The summed E-state index contributed by atoms with van der Waals surface area (Å²) in [5.74, 6) is -1.61. The standard InChI is InChI=1S/C26H28N3O7P/c1-5-26(36-37(33,35-16(4)30)28(6-2)7-3)20-13-22-23-18(12-17-10-8-9-11-21(17)27-23)14-29(22)24(31)19(20)15-34-25(26)32/h8-13H,5-7,14-15H2,1-4H3/t26-,37?/m0/s1. The normalized spacial score (nSPS) is 19.6. The lowest BCUT2D eigenvalue weighted by atomic mass is 9.86. The predicted octanol–water partition coefficient (Wildman–Crippen LogP) is 4.12. The number of hydrogen-bond acceptors (Lipinski definition) is 8. The molecule has 2 aliphatic heterocycles. The first-order valence-electron chi connectivity index (χ1n) is 12.3. The number of para-hydroxylation sites is 1. The van der Waals surface area contributed by atoms with Crippen molar-refractivity contribution in [2.45, 2.75) is 52.9 Å². The molecule has 2 aliphatic rings. The van der Waals surface area contributed by atoms with E-state index in [2.05, 4.69) is 0 Å². The number of fused-ring (bicyclic) bond motifs is 5. The molecule has 1 aromatic carbocycles. The van der Waals surface area contributed by atoms with Crippen LogP contribution in [0.4, 0.5) is 0 Å². The molecule has 1 unspecified atom stereocenters. The molecule has 3 aromatic rings. The first-order chi connectivity index (χ1) is 17.7. The van der Waals surface area contributed by atoms with E-state index in [0.717, 1.165) is 23.4 Å². The Hall–Kier alpha value is -3.33. The molecule has 4 heterocycles. The molecule has 37 heavy (non-hydrogen) atoms. The zero-order valence-corrected chi connectivity index (χ0v) is 22.0. The van der Waals surface area contributed by atoms with Gasteiger partial charge in [-0.25, -0.2) is 14.3 Å². The summed E-state index contributed by atoms with van der Waals surface area (Å²) in [5, 5.41) is 0.957. The number of pyridine rings is 2. The number of carbonyl (C=O) groups excluding carboxylic acids is 2. The molecule has 2 atom stereocenters. The van der Waals surface area contributed by atoms with E-state index in [1.807, 2.05) is 30.3 Å². The first kappa shape index (κ1) is 25.3. The summed E-state index contributed by atoms with van der Waals surface area (Å²) in [6, 6.07) is 11.4. The van der Waals surface area contributed by atoms with Gasteiger partial charge in [0.15, 0.2) is 0 Å². The van der Waals surface area contributed by atoms with Gasteiger partial charge in [0.1, 0.15) is 6.61 Å². The van der Waals surface area contributed by atoms with E-state index in [1.165, 1.54) is 4.67 Å². The number of benzene rings is 1. The van der Waals surface area contributed by atoms with Crippen LogP contribution in [0.5, 0.6) is 0 Å². The lowest BCUT2D eigenvalue weighted by Crippen LogP contribution is -2.47. The largest absolute Gasteiger partial charge is 0.464 e. The second kappa shape index (κ2) is 9.20. The molecule has 0 N–H and O–H groups in total. The third-order valence-electron chi connectivity index (χ3n) is 6.98. The molecular weight excluding hydrogens is 497 g/mol. The number of rotatable bonds is 7. The van der Waals surface area contributed by atoms with E-state index in [-0.39, 0.29) is 42.8 Å². The Kier molecular flexibility index (Phi) is 6.30. The molecule has 0 amide bonds. The van der Waals surface area contributed by atoms with E-state index in [1.54, 1.807) is 31.4 Å².